The smallest absolute Gasteiger partial charge is 0.249 e. The van der Waals surface area contributed by atoms with E-state index < -0.39 is 17.7 Å². The van der Waals surface area contributed by atoms with Crippen molar-refractivity contribution >= 4 is 5.91 Å². The van der Waals surface area contributed by atoms with Crippen molar-refractivity contribution in [3.8, 4) is 5.69 Å². The van der Waals surface area contributed by atoms with Gasteiger partial charge in [0.25, 0.3) is 0 Å². The Labute approximate surface area is 202 Å². The van der Waals surface area contributed by atoms with Crippen molar-refractivity contribution < 1.29 is 22.8 Å². The largest absolute Gasteiger partial charge is 0.304 e. The molecule has 184 valence electrons. The first kappa shape index (κ1) is 23.6. The number of imidazole rings is 1. The van der Waals surface area contributed by atoms with Crippen LogP contribution < -0.4 is 0 Å². The van der Waals surface area contributed by atoms with Gasteiger partial charge in [0.1, 0.15) is 23.3 Å². The summed E-state index contributed by atoms with van der Waals surface area (Å²) in [7, 11) is 0. The van der Waals surface area contributed by atoms with Crippen LogP contribution in [-0.4, -0.2) is 27.1 Å². The third-order valence-electron chi connectivity index (χ3n) is 7.16. The number of rotatable bonds is 5. The van der Waals surface area contributed by atoms with Gasteiger partial charge in [0.2, 0.25) is 5.91 Å². The summed E-state index contributed by atoms with van der Waals surface area (Å²) in [6.07, 6.45) is 7.85. The summed E-state index contributed by atoms with van der Waals surface area (Å²) >= 11 is 0. The number of benzene rings is 2. The molecule has 2 fully saturated rings. The number of halogens is 3. The molecule has 5 nitrogen and oxygen atoms in total. The number of hydrogen-bond donors (Lipinski definition) is 0. The second kappa shape index (κ2) is 9.85. The Morgan fingerprint density at radius 2 is 1.69 bits per heavy atom. The van der Waals surface area contributed by atoms with E-state index in [1.165, 1.54) is 23.3 Å². The SMILES string of the molecule is Cc1nccn1-c1cc(F)cc(C[C@H]2CC[C@H](C(=O)N3OCC[C@H]3c3cc(F)cc(F)c3)CC2)c1. The second-order valence-corrected chi connectivity index (χ2v) is 9.59. The topological polar surface area (TPSA) is 47.4 Å². The molecule has 1 aliphatic carbocycles. The molecule has 1 saturated heterocycles. The maximum absolute atomic E-state index is 14.3. The molecular weight excluding hydrogens is 455 g/mol. The highest BCUT2D eigenvalue weighted by atomic mass is 19.1. The van der Waals surface area contributed by atoms with Gasteiger partial charge in [-0.15, -0.1) is 0 Å². The Hall–Kier alpha value is -3.13. The van der Waals surface area contributed by atoms with Crippen LogP contribution in [-0.2, 0) is 16.1 Å². The molecule has 3 aromatic rings. The van der Waals surface area contributed by atoms with Crippen LogP contribution in [0, 0.1) is 36.2 Å². The van der Waals surface area contributed by atoms with Gasteiger partial charge < -0.3 is 4.57 Å². The minimum atomic E-state index is -0.663. The Morgan fingerprint density at radius 3 is 2.37 bits per heavy atom. The molecule has 1 saturated carbocycles. The number of nitrogens with zero attached hydrogens (tertiary/aromatic N) is 3. The van der Waals surface area contributed by atoms with E-state index in [1.54, 1.807) is 12.3 Å². The number of aryl methyl sites for hydroxylation is 1. The molecule has 5 rings (SSSR count). The minimum Gasteiger partial charge on any atom is -0.304 e. The zero-order valence-corrected chi connectivity index (χ0v) is 19.6. The maximum Gasteiger partial charge on any atom is 0.249 e. The molecule has 0 spiro atoms. The number of carbonyl (C=O) groups is 1. The van der Waals surface area contributed by atoms with Crippen molar-refractivity contribution in [1.82, 2.24) is 14.6 Å². The zero-order chi connectivity index (χ0) is 24.5. The van der Waals surface area contributed by atoms with E-state index >= 15 is 0 Å². The highest BCUT2D eigenvalue weighted by molar-refractivity contribution is 5.78. The number of hydroxylamine groups is 2. The number of hydrogen-bond acceptors (Lipinski definition) is 3. The highest BCUT2D eigenvalue weighted by Crippen LogP contribution is 2.37. The predicted octanol–water partition coefficient (Wildman–Crippen LogP) is 5.85. The number of amides is 1. The molecule has 2 aromatic carbocycles. The van der Waals surface area contributed by atoms with Crippen molar-refractivity contribution in [2.75, 3.05) is 6.61 Å². The molecule has 1 aromatic heterocycles. The van der Waals surface area contributed by atoms with Gasteiger partial charge in [-0.25, -0.2) is 23.2 Å². The summed E-state index contributed by atoms with van der Waals surface area (Å²) < 4.78 is 43.6. The van der Waals surface area contributed by atoms with Crippen LogP contribution in [0.25, 0.3) is 5.69 Å². The second-order valence-electron chi connectivity index (χ2n) is 9.59. The maximum atomic E-state index is 14.3. The van der Waals surface area contributed by atoms with Crippen LogP contribution >= 0.6 is 0 Å². The van der Waals surface area contributed by atoms with E-state index in [9.17, 15) is 18.0 Å². The lowest BCUT2D eigenvalue weighted by molar-refractivity contribution is -0.183. The summed E-state index contributed by atoms with van der Waals surface area (Å²) in [5.41, 5.74) is 2.10. The number of aromatic nitrogens is 2. The Kier molecular flexibility index (Phi) is 6.65. The molecule has 1 atom stereocenters. The molecule has 1 amide bonds. The van der Waals surface area contributed by atoms with Crippen LogP contribution in [0.2, 0.25) is 0 Å². The van der Waals surface area contributed by atoms with Gasteiger partial charge in [0.15, 0.2) is 0 Å². The van der Waals surface area contributed by atoms with Crippen LogP contribution in [0.4, 0.5) is 13.2 Å². The summed E-state index contributed by atoms with van der Waals surface area (Å²) in [5, 5.41) is 1.32. The van der Waals surface area contributed by atoms with Gasteiger partial charge in [-0.3, -0.25) is 9.63 Å². The van der Waals surface area contributed by atoms with Crippen LogP contribution in [0.5, 0.6) is 0 Å². The average Bonchev–Trinajstić information content (AvgIpc) is 3.47. The third kappa shape index (κ3) is 5.12. The molecule has 0 unspecified atom stereocenters. The average molecular weight is 484 g/mol. The molecule has 0 radical (unpaired) electrons. The fourth-order valence-corrected chi connectivity index (χ4v) is 5.42. The fourth-order valence-electron chi connectivity index (χ4n) is 5.42. The quantitative estimate of drug-likeness (QED) is 0.457. The number of carbonyl (C=O) groups excluding carboxylic acids is 1. The van der Waals surface area contributed by atoms with Gasteiger partial charge in [0.05, 0.1) is 12.6 Å². The van der Waals surface area contributed by atoms with Crippen LogP contribution in [0.1, 0.15) is 55.1 Å². The molecule has 2 aliphatic rings. The molecule has 1 aliphatic heterocycles. The van der Waals surface area contributed by atoms with E-state index in [4.69, 9.17) is 4.84 Å². The normalized spacial score (nSPS) is 22.5. The first-order valence-electron chi connectivity index (χ1n) is 12.1. The molecule has 8 heteroatoms. The summed E-state index contributed by atoms with van der Waals surface area (Å²) in [4.78, 5) is 23.0. The highest BCUT2D eigenvalue weighted by Gasteiger charge is 2.37. The van der Waals surface area contributed by atoms with Crippen LogP contribution in [0.15, 0.2) is 48.8 Å². The Balaban J connectivity index is 1.22. The van der Waals surface area contributed by atoms with Crippen molar-refractivity contribution in [2.45, 2.75) is 51.5 Å². The van der Waals surface area contributed by atoms with E-state index in [-0.39, 0.29) is 17.6 Å². The van der Waals surface area contributed by atoms with Gasteiger partial charge in [-0.05, 0) is 86.4 Å². The van der Waals surface area contributed by atoms with Crippen molar-refractivity contribution in [3.63, 3.8) is 0 Å². The third-order valence-corrected chi connectivity index (χ3v) is 7.16. The van der Waals surface area contributed by atoms with Gasteiger partial charge in [-0.2, -0.15) is 0 Å². The van der Waals surface area contributed by atoms with Crippen molar-refractivity contribution in [2.24, 2.45) is 11.8 Å². The van der Waals surface area contributed by atoms with E-state index in [0.29, 0.717) is 37.4 Å². The van der Waals surface area contributed by atoms with Crippen molar-refractivity contribution in [3.05, 3.63) is 83.2 Å². The summed E-state index contributed by atoms with van der Waals surface area (Å²) in [6, 6.07) is 7.94. The van der Waals surface area contributed by atoms with Gasteiger partial charge >= 0.3 is 0 Å². The molecule has 35 heavy (non-hydrogen) atoms. The van der Waals surface area contributed by atoms with Gasteiger partial charge in [0, 0.05) is 36.5 Å². The molecule has 0 bridgehead atoms. The van der Waals surface area contributed by atoms with E-state index in [1.807, 2.05) is 23.8 Å². The lowest BCUT2D eigenvalue weighted by Gasteiger charge is -2.32. The zero-order valence-electron chi connectivity index (χ0n) is 19.6. The predicted molar refractivity (Wildman–Crippen MR) is 124 cm³/mol. The first-order valence-corrected chi connectivity index (χ1v) is 12.1. The molecule has 0 N–H and O–H groups in total. The van der Waals surface area contributed by atoms with E-state index in [0.717, 1.165) is 42.4 Å². The van der Waals surface area contributed by atoms with Crippen LogP contribution in [0.3, 0.4) is 0 Å². The molecular formula is C27H28F3N3O2. The summed E-state index contributed by atoms with van der Waals surface area (Å²) in [5.74, 6) is -0.775. The fraction of sp³-hybridized carbons (Fsp3) is 0.407. The Morgan fingerprint density at radius 1 is 0.971 bits per heavy atom. The van der Waals surface area contributed by atoms with Crippen molar-refractivity contribution in [1.29, 1.82) is 0 Å². The minimum absolute atomic E-state index is 0.126. The van der Waals surface area contributed by atoms with Gasteiger partial charge in [-0.1, -0.05) is 0 Å². The lowest BCUT2D eigenvalue weighted by atomic mass is 9.78. The lowest BCUT2D eigenvalue weighted by Crippen LogP contribution is -2.36. The summed E-state index contributed by atoms with van der Waals surface area (Å²) in [6.45, 7) is 2.21. The first-order chi connectivity index (χ1) is 16.9. The standard InChI is InChI=1S/C27H28F3N3O2/c1-17-31-7-8-32(17)25-12-19(11-22(28)16-25)10-18-2-4-20(5-3-18)27(34)33-26(6-9-35-33)21-13-23(29)15-24(30)14-21/h7-8,11-16,18,20,26H,2-6,9-10H2,1H3/t18-,20-,26-/m0/s1. The molecule has 2 heterocycles. The van der Waals surface area contributed by atoms with E-state index in [2.05, 4.69) is 4.98 Å². The Bertz CT molecular complexity index is 1200. The monoisotopic (exact) mass is 483 g/mol.